The smallest absolute Gasteiger partial charge is 0.0697 e. The number of aliphatic hydroxyl groups is 1. The Labute approximate surface area is 100 Å². The molecule has 1 fully saturated rings. The van der Waals surface area contributed by atoms with E-state index in [2.05, 4.69) is 20.8 Å². The molecule has 0 spiro atoms. The number of unbranched alkanes of at least 4 members (excludes halogenated alkanes) is 4. The van der Waals surface area contributed by atoms with Gasteiger partial charge in [0.25, 0.3) is 0 Å². The fourth-order valence-electron chi connectivity index (χ4n) is 2.91. The molecule has 1 aliphatic rings. The van der Waals surface area contributed by atoms with Gasteiger partial charge in [-0.2, -0.15) is 0 Å². The van der Waals surface area contributed by atoms with Crippen molar-refractivity contribution in [1.82, 2.24) is 0 Å². The third-order valence-corrected chi connectivity index (χ3v) is 3.55. The van der Waals surface area contributed by atoms with Crippen LogP contribution in [-0.2, 0) is 4.74 Å². The highest BCUT2D eigenvalue weighted by Gasteiger charge is 2.35. The summed E-state index contributed by atoms with van der Waals surface area (Å²) >= 11 is 0. The van der Waals surface area contributed by atoms with Crippen LogP contribution in [0, 0.1) is 0 Å². The maximum atomic E-state index is 10.5. The van der Waals surface area contributed by atoms with Crippen molar-refractivity contribution in [3.8, 4) is 0 Å². The Balaban J connectivity index is 2.22. The standard InChI is InChI=1S/C14H28O2/c1-4-5-6-7-8-9-14(15)10-12(2)16-13(3)11-14/h12-13,15H,4-11H2,1-3H3. The van der Waals surface area contributed by atoms with Gasteiger partial charge in [0.15, 0.2) is 0 Å². The van der Waals surface area contributed by atoms with Gasteiger partial charge in [-0.1, -0.05) is 39.0 Å². The molecule has 1 aliphatic heterocycles. The first-order valence-electron chi connectivity index (χ1n) is 6.93. The van der Waals surface area contributed by atoms with Crippen LogP contribution >= 0.6 is 0 Å². The second-order valence-electron chi connectivity index (χ2n) is 5.55. The molecule has 2 unspecified atom stereocenters. The maximum Gasteiger partial charge on any atom is 0.0697 e. The van der Waals surface area contributed by atoms with E-state index in [4.69, 9.17) is 4.74 Å². The minimum Gasteiger partial charge on any atom is -0.390 e. The lowest BCUT2D eigenvalue weighted by molar-refractivity contribution is -0.134. The first kappa shape index (κ1) is 14.0. The molecule has 16 heavy (non-hydrogen) atoms. The summed E-state index contributed by atoms with van der Waals surface area (Å²) in [7, 11) is 0. The van der Waals surface area contributed by atoms with Crippen molar-refractivity contribution in [1.29, 1.82) is 0 Å². The lowest BCUT2D eigenvalue weighted by Gasteiger charge is -2.39. The van der Waals surface area contributed by atoms with Gasteiger partial charge in [0.05, 0.1) is 17.8 Å². The van der Waals surface area contributed by atoms with Crippen LogP contribution in [0.5, 0.6) is 0 Å². The van der Waals surface area contributed by atoms with Crippen LogP contribution in [0.15, 0.2) is 0 Å². The molecule has 0 aromatic rings. The SMILES string of the molecule is CCCCCCCC1(O)CC(C)OC(C)C1. The monoisotopic (exact) mass is 228 g/mol. The van der Waals surface area contributed by atoms with Gasteiger partial charge in [0.1, 0.15) is 0 Å². The highest BCUT2D eigenvalue weighted by Crippen LogP contribution is 2.32. The van der Waals surface area contributed by atoms with Crippen molar-refractivity contribution in [3.05, 3.63) is 0 Å². The number of hydrogen-bond donors (Lipinski definition) is 1. The van der Waals surface area contributed by atoms with Gasteiger partial charge in [-0.3, -0.25) is 0 Å². The molecule has 1 N–H and O–H groups in total. The lowest BCUT2D eigenvalue weighted by atomic mass is 9.83. The first-order chi connectivity index (χ1) is 7.56. The van der Waals surface area contributed by atoms with Crippen LogP contribution in [0.2, 0.25) is 0 Å². The Morgan fingerprint density at radius 3 is 2.19 bits per heavy atom. The number of ether oxygens (including phenoxy) is 1. The fraction of sp³-hybridized carbons (Fsp3) is 1.00. The van der Waals surface area contributed by atoms with Crippen molar-refractivity contribution in [2.24, 2.45) is 0 Å². The van der Waals surface area contributed by atoms with Crippen LogP contribution in [0.4, 0.5) is 0 Å². The second kappa shape index (κ2) is 6.61. The summed E-state index contributed by atoms with van der Waals surface area (Å²) in [6.07, 6.45) is 9.35. The summed E-state index contributed by atoms with van der Waals surface area (Å²) in [6, 6.07) is 0. The molecule has 0 amide bonds. The van der Waals surface area contributed by atoms with Crippen molar-refractivity contribution in [2.45, 2.75) is 89.9 Å². The zero-order valence-corrected chi connectivity index (χ0v) is 11.2. The van der Waals surface area contributed by atoms with E-state index in [1.807, 2.05) is 0 Å². The molecule has 1 rings (SSSR count). The van der Waals surface area contributed by atoms with E-state index in [1.54, 1.807) is 0 Å². The van der Waals surface area contributed by atoms with Gasteiger partial charge in [-0.15, -0.1) is 0 Å². The van der Waals surface area contributed by atoms with Gasteiger partial charge >= 0.3 is 0 Å². The minimum absolute atomic E-state index is 0.212. The summed E-state index contributed by atoms with van der Waals surface area (Å²) in [5.74, 6) is 0. The van der Waals surface area contributed by atoms with E-state index >= 15 is 0 Å². The third-order valence-electron chi connectivity index (χ3n) is 3.55. The summed E-state index contributed by atoms with van der Waals surface area (Å²) in [4.78, 5) is 0. The summed E-state index contributed by atoms with van der Waals surface area (Å²) in [5, 5.41) is 10.5. The van der Waals surface area contributed by atoms with E-state index in [9.17, 15) is 5.11 Å². The zero-order valence-electron chi connectivity index (χ0n) is 11.2. The predicted octanol–water partition coefficient (Wildman–Crippen LogP) is 3.67. The molecular formula is C14H28O2. The fourth-order valence-corrected chi connectivity index (χ4v) is 2.91. The Kier molecular flexibility index (Phi) is 5.77. The highest BCUT2D eigenvalue weighted by molar-refractivity contribution is 4.87. The zero-order chi connectivity index (χ0) is 12.0. The van der Waals surface area contributed by atoms with E-state index in [0.29, 0.717) is 0 Å². The van der Waals surface area contributed by atoms with Crippen LogP contribution in [0.3, 0.4) is 0 Å². The maximum absolute atomic E-state index is 10.5. The van der Waals surface area contributed by atoms with Crippen molar-refractivity contribution in [2.75, 3.05) is 0 Å². The Hall–Kier alpha value is -0.0800. The van der Waals surface area contributed by atoms with E-state index < -0.39 is 5.60 Å². The van der Waals surface area contributed by atoms with Gasteiger partial charge in [0.2, 0.25) is 0 Å². The summed E-state index contributed by atoms with van der Waals surface area (Å²) in [5.41, 5.74) is -0.455. The molecule has 0 bridgehead atoms. The molecule has 2 nitrogen and oxygen atoms in total. The van der Waals surface area contributed by atoms with Gasteiger partial charge in [0, 0.05) is 12.8 Å². The average molecular weight is 228 g/mol. The largest absolute Gasteiger partial charge is 0.390 e. The lowest BCUT2D eigenvalue weighted by Crippen LogP contribution is -2.43. The molecule has 0 aromatic carbocycles. The second-order valence-corrected chi connectivity index (χ2v) is 5.55. The van der Waals surface area contributed by atoms with E-state index in [0.717, 1.165) is 25.7 Å². The quantitative estimate of drug-likeness (QED) is 0.703. The molecule has 96 valence electrons. The molecule has 0 aliphatic carbocycles. The third kappa shape index (κ3) is 4.84. The number of rotatable bonds is 6. The molecular weight excluding hydrogens is 200 g/mol. The van der Waals surface area contributed by atoms with Crippen molar-refractivity contribution in [3.63, 3.8) is 0 Å². The Morgan fingerprint density at radius 1 is 1.06 bits per heavy atom. The minimum atomic E-state index is -0.455. The molecule has 2 atom stereocenters. The van der Waals surface area contributed by atoms with Crippen molar-refractivity contribution < 1.29 is 9.84 Å². The summed E-state index contributed by atoms with van der Waals surface area (Å²) in [6.45, 7) is 6.37. The van der Waals surface area contributed by atoms with E-state index in [1.165, 1.54) is 25.7 Å². The Bertz CT molecular complexity index is 181. The van der Waals surface area contributed by atoms with E-state index in [-0.39, 0.29) is 12.2 Å². The molecule has 0 aromatic heterocycles. The number of hydrogen-bond acceptors (Lipinski definition) is 2. The molecule has 1 heterocycles. The van der Waals surface area contributed by atoms with Crippen LogP contribution in [0.1, 0.15) is 72.1 Å². The predicted molar refractivity (Wildman–Crippen MR) is 67.6 cm³/mol. The van der Waals surface area contributed by atoms with Crippen molar-refractivity contribution >= 4 is 0 Å². The first-order valence-corrected chi connectivity index (χ1v) is 6.93. The molecule has 0 radical (unpaired) electrons. The molecule has 2 heteroatoms. The highest BCUT2D eigenvalue weighted by atomic mass is 16.5. The van der Waals surface area contributed by atoms with Crippen LogP contribution < -0.4 is 0 Å². The summed E-state index contributed by atoms with van der Waals surface area (Å²) < 4.78 is 5.67. The van der Waals surface area contributed by atoms with Gasteiger partial charge in [-0.05, 0) is 20.3 Å². The van der Waals surface area contributed by atoms with Gasteiger partial charge < -0.3 is 9.84 Å². The normalized spacial score (nSPS) is 35.2. The average Bonchev–Trinajstić information content (AvgIpc) is 2.15. The van der Waals surface area contributed by atoms with Gasteiger partial charge in [-0.25, -0.2) is 0 Å². The van der Waals surface area contributed by atoms with Crippen LogP contribution in [0.25, 0.3) is 0 Å². The Morgan fingerprint density at radius 2 is 1.62 bits per heavy atom. The topological polar surface area (TPSA) is 29.5 Å². The molecule has 1 saturated heterocycles. The molecule has 0 saturated carbocycles. The van der Waals surface area contributed by atoms with Crippen LogP contribution in [-0.4, -0.2) is 22.9 Å².